The lowest BCUT2D eigenvalue weighted by Gasteiger charge is -2.34. The molecular formula is C18H30N2O. The number of rotatable bonds is 7. The highest BCUT2D eigenvalue weighted by molar-refractivity contribution is 5.29. The van der Waals surface area contributed by atoms with Crippen molar-refractivity contribution in [3.63, 3.8) is 0 Å². The van der Waals surface area contributed by atoms with Gasteiger partial charge in [0.2, 0.25) is 0 Å². The Kier molecular flexibility index (Phi) is 6.68. The Hall–Kier alpha value is -0.900. The van der Waals surface area contributed by atoms with Crippen LogP contribution in [0, 0.1) is 6.92 Å². The molecule has 1 unspecified atom stereocenters. The van der Waals surface area contributed by atoms with Crippen molar-refractivity contribution in [3.05, 3.63) is 35.4 Å². The van der Waals surface area contributed by atoms with Crippen LogP contribution in [0.1, 0.15) is 43.9 Å². The Balaban J connectivity index is 1.93. The van der Waals surface area contributed by atoms with Gasteiger partial charge in [0.25, 0.3) is 0 Å². The van der Waals surface area contributed by atoms with Gasteiger partial charge in [-0.25, -0.2) is 0 Å². The van der Waals surface area contributed by atoms with E-state index in [1.165, 1.54) is 24.0 Å². The van der Waals surface area contributed by atoms with Crippen molar-refractivity contribution in [2.24, 2.45) is 0 Å². The van der Waals surface area contributed by atoms with E-state index in [9.17, 15) is 0 Å². The van der Waals surface area contributed by atoms with E-state index in [1.54, 1.807) is 0 Å². The second kappa shape index (κ2) is 8.52. The molecular weight excluding hydrogens is 260 g/mol. The number of hydrogen-bond donors (Lipinski definition) is 1. The van der Waals surface area contributed by atoms with E-state index in [-0.39, 0.29) is 0 Å². The molecule has 118 valence electrons. The van der Waals surface area contributed by atoms with Crippen molar-refractivity contribution in [1.29, 1.82) is 0 Å². The topological polar surface area (TPSA) is 24.5 Å². The van der Waals surface area contributed by atoms with Crippen LogP contribution in [-0.4, -0.2) is 43.8 Å². The smallest absolute Gasteiger partial charge is 0.0599 e. The third kappa shape index (κ3) is 4.80. The highest BCUT2D eigenvalue weighted by atomic mass is 16.5. The molecule has 3 heteroatoms. The lowest BCUT2D eigenvalue weighted by atomic mass is 9.99. The van der Waals surface area contributed by atoms with Gasteiger partial charge in [0, 0.05) is 32.3 Å². The largest absolute Gasteiger partial charge is 0.378 e. The molecule has 0 radical (unpaired) electrons. The summed E-state index contributed by atoms with van der Waals surface area (Å²) in [6.45, 7) is 11.7. The standard InChI is InChI=1S/C18H30N2O/c1-4-19-18(17-9-7-6-8-15(17)3)14-20-12-10-16(11-13-20)21-5-2/h6-9,16,18-19H,4-5,10-14H2,1-3H3. The molecule has 0 bridgehead atoms. The molecule has 3 nitrogen and oxygen atoms in total. The Morgan fingerprint density at radius 3 is 2.57 bits per heavy atom. The highest BCUT2D eigenvalue weighted by Gasteiger charge is 2.22. The van der Waals surface area contributed by atoms with Crippen LogP contribution in [0.4, 0.5) is 0 Å². The Bertz CT molecular complexity index is 413. The molecule has 0 amide bonds. The molecule has 1 fully saturated rings. The number of piperidine rings is 1. The summed E-state index contributed by atoms with van der Waals surface area (Å²) in [5, 5.41) is 3.65. The number of nitrogens with one attached hydrogen (secondary N) is 1. The number of hydrogen-bond acceptors (Lipinski definition) is 3. The van der Waals surface area contributed by atoms with Crippen LogP contribution in [0.15, 0.2) is 24.3 Å². The molecule has 0 aromatic heterocycles. The van der Waals surface area contributed by atoms with Crippen LogP contribution in [0.5, 0.6) is 0 Å². The number of benzene rings is 1. The van der Waals surface area contributed by atoms with Crippen LogP contribution in [0.2, 0.25) is 0 Å². The summed E-state index contributed by atoms with van der Waals surface area (Å²) in [5.74, 6) is 0. The number of ether oxygens (including phenoxy) is 1. The zero-order chi connectivity index (χ0) is 15.1. The summed E-state index contributed by atoms with van der Waals surface area (Å²) in [7, 11) is 0. The van der Waals surface area contributed by atoms with Gasteiger partial charge in [-0.1, -0.05) is 31.2 Å². The molecule has 1 heterocycles. The normalized spacial score (nSPS) is 18.8. The first-order valence-corrected chi connectivity index (χ1v) is 8.37. The summed E-state index contributed by atoms with van der Waals surface area (Å²) in [4.78, 5) is 2.58. The van der Waals surface area contributed by atoms with Gasteiger partial charge in [-0.2, -0.15) is 0 Å². The van der Waals surface area contributed by atoms with Crippen LogP contribution in [0.3, 0.4) is 0 Å². The van der Waals surface area contributed by atoms with Crippen molar-refractivity contribution in [3.8, 4) is 0 Å². The fourth-order valence-corrected chi connectivity index (χ4v) is 3.25. The average molecular weight is 290 g/mol. The summed E-state index contributed by atoms with van der Waals surface area (Å²) in [5.41, 5.74) is 2.82. The number of nitrogens with zero attached hydrogens (tertiary/aromatic N) is 1. The third-order valence-corrected chi connectivity index (χ3v) is 4.39. The molecule has 0 aliphatic carbocycles. The average Bonchev–Trinajstić information content (AvgIpc) is 2.50. The lowest BCUT2D eigenvalue weighted by molar-refractivity contribution is 0.0123. The van der Waals surface area contributed by atoms with Crippen molar-refractivity contribution in [1.82, 2.24) is 10.2 Å². The predicted octanol–water partition coefficient (Wildman–Crippen LogP) is 3.15. The van der Waals surface area contributed by atoms with E-state index in [1.807, 2.05) is 0 Å². The molecule has 1 aliphatic rings. The summed E-state index contributed by atoms with van der Waals surface area (Å²) < 4.78 is 5.75. The van der Waals surface area contributed by atoms with Gasteiger partial charge in [0.15, 0.2) is 0 Å². The van der Waals surface area contributed by atoms with Crippen LogP contribution < -0.4 is 5.32 Å². The zero-order valence-corrected chi connectivity index (χ0v) is 13.8. The van der Waals surface area contributed by atoms with Crippen LogP contribution >= 0.6 is 0 Å². The fraction of sp³-hybridized carbons (Fsp3) is 0.667. The van der Waals surface area contributed by atoms with Gasteiger partial charge < -0.3 is 15.0 Å². The summed E-state index contributed by atoms with van der Waals surface area (Å²) >= 11 is 0. The van der Waals surface area contributed by atoms with E-state index >= 15 is 0 Å². The van der Waals surface area contributed by atoms with Crippen LogP contribution in [-0.2, 0) is 4.74 Å². The molecule has 1 aliphatic heterocycles. The second-order valence-electron chi connectivity index (χ2n) is 5.92. The maximum atomic E-state index is 5.75. The molecule has 2 rings (SSSR count). The molecule has 1 aromatic rings. The van der Waals surface area contributed by atoms with Crippen molar-refractivity contribution in [2.45, 2.75) is 45.8 Å². The van der Waals surface area contributed by atoms with Crippen molar-refractivity contribution < 1.29 is 4.74 Å². The Labute approximate surface area is 129 Å². The quantitative estimate of drug-likeness (QED) is 0.835. The van der Waals surface area contributed by atoms with Gasteiger partial charge >= 0.3 is 0 Å². The maximum Gasteiger partial charge on any atom is 0.0599 e. The summed E-state index contributed by atoms with van der Waals surface area (Å²) in [6, 6.07) is 9.17. The van der Waals surface area contributed by atoms with E-state index in [2.05, 4.69) is 55.3 Å². The molecule has 21 heavy (non-hydrogen) atoms. The lowest BCUT2D eigenvalue weighted by Crippen LogP contribution is -2.42. The third-order valence-electron chi connectivity index (χ3n) is 4.39. The number of aryl methyl sites for hydroxylation is 1. The first kappa shape index (κ1) is 16.5. The number of likely N-dealkylation sites (tertiary alicyclic amines) is 1. The van der Waals surface area contributed by atoms with E-state index in [4.69, 9.17) is 4.74 Å². The first-order valence-electron chi connectivity index (χ1n) is 8.37. The minimum atomic E-state index is 0.430. The fourth-order valence-electron chi connectivity index (χ4n) is 3.25. The van der Waals surface area contributed by atoms with Gasteiger partial charge in [0.05, 0.1) is 6.10 Å². The van der Waals surface area contributed by atoms with E-state index in [0.717, 1.165) is 32.8 Å². The predicted molar refractivity (Wildman–Crippen MR) is 88.7 cm³/mol. The molecule has 0 spiro atoms. The highest BCUT2D eigenvalue weighted by Crippen LogP contribution is 2.21. The SMILES string of the molecule is CCNC(CN1CCC(OCC)CC1)c1ccccc1C. The van der Waals surface area contributed by atoms with Gasteiger partial charge in [0.1, 0.15) is 0 Å². The van der Waals surface area contributed by atoms with Gasteiger partial charge in [-0.05, 0) is 44.4 Å². The monoisotopic (exact) mass is 290 g/mol. The molecule has 1 aromatic carbocycles. The zero-order valence-electron chi connectivity index (χ0n) is 13.8. The van der Waals surface area contributed by atoms with Crippen molar-refractivity contribution in [2.75, 3.05) is 32.8 Å². The summed E-state index contributed by atoms with van der Waals surface area (Å²) in [6.07, 6.45) is 2.81. The molecule has 1 atom stereocenters. The van der Waals surface area contributed by atoms with Crippen LogP contribution in [0.25, 0.3) is 0 Å². The van der Waals surface area contributed by atoms with Gasteiger partial charge in [-0.15, -0.1) is 0 Å². The second-order valence-corrected chi connectivity index (χ2v) is 5.92. The Morgan fingerprint density at radius 1 is 1.24 bits per heavy atom. The Morgan fingerprint density at radius 2 is 1.95 bits per heavy atom. The first-order chi connectivity index (χ1) is 10.2. The minimum Gasteiger partial charge on any atom is -0.378 e. The molecule has 1 N–H and O–H groups in total. The molecule has 1 saturated heterocycles. The number of likely N-dealkylation sites (N-methyl/N-ethyl adjacent to an activating group) is 1. The minimum absolute atomic E-state index is 0.430. The van der Waals surface area contributed by atoms with Crippen molar-refractivity contribution >= 4 is 0 Å². The molecule has 0 saturated carbocycles. The van der Waals surface area contributed by atoms with Gasteiger partial charge in [-0.3, -0.25) is 0 Å². The van der Waals surface area contributed by atoms with E-state index in [0.29, 0.717) is 12.1 Å². The maximum absolute atomic E-state index is 5.75. The van der Waals surface area contributed by atoms with E-state index < -0.39 is 0 Å².